The summed E-state index contributed by atoms with van der Waals surface area (Å²) >= 11 is 0. The number of aromatic nitrogens is 3. The Bertz CT molecular complexity index is 540. The van der Waals surface area contributed by atoms with Crippen molar-refractivity contribution in [3.63, 3.8) is 0 Å². The number of hydrogen-bond acceptors (Lipinski definition) is 4. The molecular weight excluding hydrogens is 200 g/mol. The van der Waals surface area contributed by atoms with Gasteiger partial charge < -0.3 is 0 Å². The molecule has 0 aliphatic rings. The fourth-order valence-corrected chi connectivity index (χ4v) is 1.18. The Morgan fingerprint density at radius 3 is 2.40 bits per heavy atom. The summed E-state index contributed by atoms with van der Waals surface area (Å²) in [5.41, 5.74) is 0.363. The lowest BCUT2D eigenvalue weighted by atomic mass is 10.1. The molecule has 0 saturated heterocycles. The van der Waals surface area contributed by atoms with Crippen LogP contribution in [0.25, 0.3) is 11.3 Å². The van der Waals surface area contributed by atoms with Crippen molar-refractivity contribution in [2.75, 3.05) is 0 Å². The number of rotatable bonds is 2. The molecule has 0 aliphatic heterocycles. The van der Waals surface area contributed by atoms with Gasteiger partial charge in [-0.05, 0) is 12.1 Å². The van der Waals surface area contributed by atoms with Crippen molar-refractivity contribution in [2.24, 2.45) is 0 Å². The van der Waals surface area contributed by atoms with Crippen molar-refractivity contribution in [1.29, 1.82) is 0 Å². The third kappa shape index (κ3) is 1.62. The van der Waals surface area contributed by atoms with Crippen LogP contribution in [-0.2, 0) is 0 Å². The minimum atomic E-state index is -0.501. The molecular formula is C8H6N4O3. The second-order valence-corrected chi connectivity index (χ2v) is 2.83. The van der Waals surface area contributed by atoms with Gasteiger partial charge in [-0.3, -0.25) is 14.9 Å². The molecule has 0 radical (unpaired) electrons. The van der Waals surface area contributed by atoms with E-state index in [0.29, 0.717) is 5.56 Å². The van der Waals surface area contributed by atoms with E-state index >= 15 is 0 Å². The molecule has 0 fully saturated rings. The van der Waals surface area contributed by atoms with Crippen molar-refractivity contribution < 1.29 is 4.92 Å². The molecule has 1 aromatic heterocycles. The SMILES string of the molecule is O=c1[nH][nH]nc1-c1ccc([N+](=O)[O-])cc1. The quantitative estimate of drug-likeness (QED) is 0.556. The van der Waals surface area contributed by atoms with Crippen molar-refractivity contribution >= 4 is 5.69 Å². The zero-order valence-corrected chi connectivity index (χ0v) is 7.43. The van der Waals surface area contributed by atoms with E-state index in [0.717, 1.165) is 0 Å². The molecule has 2 N–H and O–H groups in total. The Balaban J connectivity index is 2.44. The van der Waals surface area contributed by atoms with Crippen LogP contribution in [0.5, 0.6) is 0 Å². The molecule has 0 spiro atoms. The molecule has 0 unspecified atom stereocenters. The van der Waals surface area contributed by atoms with Gasteiger partial charge in [-0.2, -0.15) is 5.10 Å². The molecule has 76 valence electrons. The van der Waals surface area contributed by atoms with Crippen LogP contribution < -0.4 is 5.56 Å². The summed E-state index contributed by atoms with van der Waals surface area (Å²) in [5.74, 6) is 0. The molecule has 7 heteroatoms. The molecule has 0 saturated carbocycles. The molecule has 2 rings (SSSR count). The second-order valence-electron chi connectivity index (χ2n) is 2.83. The van der Waals surface area contributed by atoms with E-state index in [2.05, 4.69) is 15.4 Å². The molecule has 1 heterocycles. The van der Waals surface area contributed by atoms with Crippen molar-refractivity contribution in [3.05, 3.63) is 44.7 Å². The summed E-state index contributed by atoms with van der Waals surface area (Å²) < 4.78 is 0. The molecule has 2 aromatic rings. The summed E-state index contributed by atoms with van der Waals surface area (Å²) in [6.45, 7) is 0. The minimum absolute atomic E-state index is 0.0225. The first kappa shape index (κ1) is 9.13. The van der Waals surface area contributed by atoms with Gasteiger partial charge in [-0.1, -0.05) is 0 Å². The lowest BCUT2D eigenvalue weighted by Crippen LogP contribution is -2.01. The van der Waals surface area contributed by atoms with Crippen LogP contribution in [0.3, 0.4) is 0 Å². The highest BCUT2D eigenvalue weighted by Gasteiger charge is 2.08. The molecule has 7 nitrogen and oxygen atoms in total. The Kier molecular flexibility index (Phi) is 2.05. The maximum atomic E-state index is 11.2. The first-order valence-corrected chi connectivity index (χ1v) is 4.06. The van der Waals surface area contributed by atoms with Gasteiger partial charge in [-0.25, -0.2) is 10.3 Å². The average Bonchev–Trinajstić information content (AvgIpc) is 2.65. The Hall–Kier alpha value is -2.44. The third-order valence-corrected chi connectivity index (χ3v) is 1.90. The highest BCUT2D eigenvalue weighted by Crippen LogP contribution is 2.17. The topological polar surface area (TPSA) is 105 Å². The van der Waals surface area contributed by atoms with Crippen LogP contribution in [0.4, 0.5) is 5.69 Å². The fraction of sp³-hybridized carbons (Fsp3) is 0. The van der Waals surface area contributed by atoms with Crippen molar-refractivity contribution in [3.8, 4) is 11.3 Å². The summed E-state index contributed by atoms with van der Waals surface area (Å²) in [7, 11) is 0. The van der Waals surface area contributed by atoms with Crippen LogP contribution in [0.15, 0.2) is 29.1 Å². The van der Waals surface area contributed by atoms with Gasteiger partial charge >= 0.3 is 0 Å². The Morgan fingerprint density at radius 2 is 1.93 bits per heavy atom. The predicted octanol–water partition coefficient (Wildman–Crippen LogP) is 0.673. The molecule has 1 aromatic carbocycles. The minimum Gasteiger partial charge on any atom is -0.265 e. The van der Waals surface area contributed by atoms with Gasteiger partial charge in [-0.15, -0.1) is 0 Å². The van der Waals surface area contributed by atoms with E-state index in [-0.39, 0.29) is 16.9 Å². The number of nitro benzene ring substituents is 1. The van der Waals surface area contributed by atoms with Crippen LogP contribution in [-0.4, -0.2) is 20.3 Å². The van der Waals surface area contributed by atoms with Gasteiger partial charge in [0.25, 0.3) is 11.2 Å². The average molecular weight is 206 g/mol. The number of non-ortho nitro benzene ring substituents is 1. The number of benzene rings is 1. The zero-order chi connectivity index (χ0) is 10.8. The number of nitrogens with zero attached hydrogens (tertiary/aromatic N) is 2. The second kappa shape index (κ2) is 3.37. The van der Waals surface area contributed by atoms with Crippen LogP contribution in [0.1, 0.15) is 0 Å². The fourth-order valence-electron chi connectivity index (χ4n) is 1.18. The molecule has 0 bridgehead atoms. The normalized spacial score (nSPS) is 10.1. The van der Waals surface area contributed by atoms with E-state index < -0.39 is 4.92 Å². The summed E-state index contributed by atoms with van der Waals surface area (Å²) in [4.78, 5) is 21.0. The predicted molar refractivity (Wildman–Crippen MR) is 51.3 cm³/mol. The lowest BCUT2D eigenvalue weighted by Gasteiger charge is -1.93. The molecule has 0 atom stereocenters. The third-order valence-electron chi connectivity index (χ3n) is 1.90. The summed E-state index contributed by atoms with van der Waals surface area (Å²) in [6, 6.07) is 5.60. The van der Waals surface area contributed by atoms with Crippen molar-refractivity contribution in [2.45, 2.75) is 0 Å². The monoisotopic (exact) mass is 206 g/mol. The summed E-state index contributed by atoms with van der Waals surface area (Å²) in [5, 5.41) is 18.7. The molecule has 0 aliphatic carbocycles. The number of aromatic amines is 2. The van der Waals surface area contributed by atoms with E-state index in [1.54, 1.807) is 0 Å². The maximum absolute atomic E-state index is 11.2. The maximum Gasteiger partial charge on any atom is 0.291 e. The molecule has 0 amide bonds. The summed E-state index contributed by atoms with van der Waals surface area (Å²) in [6.07, 6.45) is 0. The first-order chi connectivity index (χ1) is 7.18. The van der Waals surface area contributed by atoms with E-state index in [9.17, 15) is 14.9 Å². The van der Waals surface area contributed by atoms with Crippen molar-refractivity contribution in [1.82, 2.24) is 15.4 Å². The number of hydrogen-bond donors (Lipinski definition) is 2. The molecule has 15 heavy (non-hydrogen) atoms. The van der Waals surface area contributed by atoms with Crippen LogP contribution >= 0.6 is 0 Å². The van der Waals surface area contributed by atoms with Gasteiger partial charge in [0.15, 0.2) is 5.69 Å². The van der Waals surface area contributed by atoms with E-state index in [1.165, 1.54) is 24.3 Å². The lowest BCUT2D eigenvalue weighted by molar-refractivity contribution is -0.384. The van der Waals surface area contributed by atoms with Gasteiger partial charge in [0.1, 0.15) is 0 Å². The number of H-pyrrole nitrogens is 2. The Morgan fingerprint density at radius 1 is 1.27 bits per heavy atom. The first-order valence-electron chi connectivity index (χ1n) is 4.06. The van der Waals surface area contributed by atoms with Gasteiger partial charge in [0, 0.05) is 17.7 Å². The zero-order valence-electron chi connectivity index (χ0n) is 7.43. The van der Waals surface area contributed by atoms with Crippen LogP contribution in [0, 0.1) is 10.1 Å². The van der Waals surface area contributed by atoms with E-state index in [4.69, 9.17) is 0 Å². The van der Waals surface area contributed by atoms with Gasteiger partial charge in [0.2, 0.25) is 0 Å². The largest absolute Gasteiger partial charge is 0.291 e. The van der Waals surface area contributed by atoms with Gasteiger partial charge in [0.05, 0.1) is 4.92 Å². The number of nitrogens with one attached hydrogen (secondary N) is 2. The highest BCUT2D eigenvalue weighted by atomic mass is 16.6. The highest BCUT2D eigenvalue weighted by molar-refractivity contribution is 5.59. The number of nitro groups is 1. The van der Waals surface area contributed by atoms with Crippen LogP contribution in [0.2, 0.25) is 0 Å². The standard InChI is InChI=1S/C8H6N4O3/c13-8-7(9-11-10-8)5-1-3-6(4-2-5)12(14)15/h1-4H,(H2,9,10,11,13). The smallest absolute Gasteiger partial charge is 0.265 e. The van der Waals surface area contributed by atoms with E-state index in [1.807, 2.05) is 0 Å². The Labute approximate surface area is 82.9 Å².